The number of benzene rings is 1. The van der Waals surface area contributed by atoms with Crippen LogP contribution in [0.15, 0.2) is 30.6 Å². The van der Waals surface area contributed by atoms with Gasteiger partial charge in [0.25, 0.3) is 5.91 Å². The van der Waals surface area contributed by atoms with E-state index in [1.807, 2.05) is 32.0 Å². The lowest BCUT2D eigenvalue weighted by atomic mass is 10.3. The molecule has 0 unspecified atom stereocenters. The molecular formula is C15H16N4O2S. The number of aromatic nitrogens is 3. The first-order valence-electron chi connectivity index (χ1n) is 7.06. The van der Waals surface area contributed by atoms with Gasteiger partial charge >= 0.3 is 0 Å². The summed E-state index contributed by atoms with van der Waals surface area (Å²) in [4.78, 5) is 16.6. The van der Waals surface area contributed by atoms with Crippen molar-refractivity contribution in [2.75, 3.05) is 11.9 Å². The van der Waals surface area contributed by atoms with E-state index in [0.717, 1.165) is 22.5 Å². The number of carbonyl (C=O) groups is 1. The van der Waals surface area contributed by atoms with Gasteiger partial charge in [-0.05, 0) is 32.0 Å². The Kier molecular flexibility index (Phi) is 4.06. The standard InChI is InChI=1S/C15H16N4O2S/c1-3-19-9-10(8-16-19)14(20)18-15-17-12-6-5-11(21-4-2)7-13(12)22-15/h5-9H,3-4H2,1-2H3,(H,17,18,20). The summed E-state index contributed by atoms with van der Waals surface area (Å²) >= 11 is 1.42. The van der Waals surface area contributed by atoms with Crippen LogP contribution in [0.2, 0.25) is 0 Å². The van der Waals surface area contributed by atoms with Crippen LogP contribution in [0.25, 0.3) is 10.2 Å². The van der Waals surface area contributed by atoms with Crippen molar-refractivity contribution in [3.63, 3.8) is 0 Å². The Morgan fingerprint density at radius 1 is 1.41 bits per heavy atom. The van der Waals surface area contributed by atoms with Crippen LogP contribution in [-0.4, -0.2) is 27.3 Å². The lowest BCUT2D eigenvalue weighted by Crippen LogP contribution is -2.10. The van der Waals surface area contributed by atoms with Crippen LogP contribution in [0.5, 0.6) is 5.75 Å². The maximum atomic E-state index is 12.2. The number of ether oxygens (including phenoxy) is 1. The number of nitrogens with zero attached hydrogens (tertiary/aromatic N) is 3. The summed E-state index contributed by atoms with van der Waals surface area (Å²) in [5, 5.41) is 7.47. The van der Waals surface area contributed by atoms with Gasteiger partial charge in [0.1, 0.15) is 5.75 Å². The number of hydrogen-bond acceptors (Lipinski definition) is 5. The van der Waals surface area contributed by atoms with Crippen molar-refractivity contribution in [2.45, 2.75) is 20.4 Å². The smallest absolute Gasteiger partial charge is 0.260 e. The highest BCUT2D eigenvalue weighted by Gasteiger charge is 2.12. The lowest BCUT2D eigenvalue weighted by molar-refractivity contribution is 0.102. The average molecular weight is 316 g/mol. The SMILES string of the molecule is CCOc1ccc2nc(NC(=O)c3cnn(CC)c3)sc2c1. The van der Waals surface area contributed by atoms with Gasteiger partial charge in [-0.2, -0.15) is 5.10 Å². The molecule has 0 fully saturated rings. The molecule has 0 bridgehead atoms. The Balaban J connectivity index is 1.79. The molecule has 0 saturated heterocycles. The monoisotopic (exact) mass is 316 g/mol. The Morgan fingerprint density at radius 3 is 3.00 bits per heavy atom. The number of rotatable bonds is 5. The molecular weight excluding hydrogens is 300 g/mol. The molecule has 1 amide bonds. The predicted octanol–water partition coefficient (Wildman–Crippen LogP) is 3.16. The van der Waals surface area contributed by atoms with Crippen molar-refractivity contribution in [3.8, 4) is 5.75 Å². The van der Waals surface area contributed by atoms with Gasteiger partial charge in [0.05, 0.1) is 28.6 Å². The summed E-state index contributed by atoms with van der Waals surface area (Å²) in [5.74, 6) is 0.601. The third kappa shape index (κ3) is 2.94. The van der Waals surface area contributed by atoms with Crippen LogP contribution in [0.1, 0.15) is 24.2 Å². The molecule has 2 heterocycles. The van der Waals surface area contributed by atoms with E-state index in [-0.39, 0.29) is 5.91 Å². The van der Waals surface area contributed by atoms with Crippen molar-refractivity contribution in [3.05, 3.63) is 36.2 Å². The third-order valence-electron chi connectivity index (χ3n) is 3.11. The van der Waals surface area contributed by atoms with E-state index in [4.69, 9.17) is 4.74 Å². The highest BCUT2D eigenvalue weighted by Crippen LogP contribution is 2.29. The summed E-state index contributed by atoms with van der Waals surface area (Å²) < 4.78 is 8.16. The van der Waals surface area contributed by atoms with Crippen LogP contribution in [0.3, 0.4) is 0 Å². The molecule has 3 rings (SSSR count). The molecule has 3 aromatic rings. The van der Waals surface area contributed by atoms with Gasteiger partial charge in [-0.3, -0.25) is 14.8 Å². The quantitative estimate of drug-likeness (QED) is 0.785. The third-order valence-corrected chi connectivity index (χ3v) is 4.04. The molecule has 0 atom stereocenters. The number of thiazole rings is 1. The second-order valence-electron chi connectivity index (χ2n) is 4.62. The minimum Gasteiger partial charge on any atom is -0.494 e. The largest absolute Gasteiger partial charge is 0.494 e. The van der Waals surface area contributed by atoms with Gasteiger partial charge in [-0.1, -0.05) is 11.3 Å². The molecule has 1 N–H and O–H groups in total. The van der Waals surface area contributed by atoms with Crippen molar-refractivity contribution < 1.29 is 9.53 Å². The molecule has 0 saturated carbocycles. The molecule has 6 nitrogen and oxygen atoms in total. The number of nitrogens with one attached hydrogen (secondary N) is 1. The van der Waals surface area contributed by atoms with Crippen molar-refractivity contribution in [2.24, 2.45) is 0 Å². The van der Waals surface area contributed by atoms with Crippen LogP contribution in [-0.2, 0) is 6.54 Å². The number of carbonyl (C=O) groups excluding carboxylic acids is 1. The summed E-state index contributed by atoms with van der Waals surface area (Å²) in [6.07, 6.45) is 3.27. The zero-order valence-corrected chi connectivity index (χ0v) is 13.2. The summed E-state index contributed by atoms with van der Waals surface area (Å²) in [6, 6.07) is 5.70. The van der Waals surface area contributed by atoms with Gasteiger partial charge in [-0.25, -0.2) is 4.98 Å². The molecule has 0 aliphatic rings. The van der Waals surface area contributed by atoms with Crippen LogP contribution in [0.4, 0.5) is 5.13 Å². The first kappa shape index (κ1) is 14.5. The maximum Gasteiger partial charge on any atom is 0.260 e. The van der Waals surface area contributed by atoms with Gasteiger partial charge in [-0.15, -0.1) is 0 Å². The van der Waals surface area contributed by atoms with Crippen LogP contribution >= 0.6 is 11.3 Å². The fraction of sp³-hybridized carbons (Fsp3) is 0.267. The predicted molar refractivity (Wildman–Crippen MR) is 86.6 cm³/mol. The van der Waals surface area contributed by atoms with Crippen LogP contribution < -0.4 is 10.1 Å². The Labute approximate surface area is 131 Å². The van der Waals surface area contributed by atoms with E-state index in [1.54, 1.807) is 17.1 Å². The van der Waals surface area contributed by atoms with Gasteiger partial charge < -0.3 is 4.74 Å². The zero-order chi connectivity index (χ0) is 15.5. The molecule has 22 heavy (non-hydrogen) atoms. The fourth-order valence-corrected chi connectivity index (χ4v) is 2.93. The number of amides is 1. The second-order valence-corrected chi connectivity index (χ2v) is 5.65. The molecule has 0 radical (unpaired) electrons. The number of hydrogen-bond donors (Lipinski definition) is 1. The molecule has 0 aliphatic carbocycles. The molecule has 0 spiro atoms. The van der Waals surface area contributed by atoms with Gasteiger partial charge in [0.15, 0.2) is 5.13 Å². The van der Waals surface area contributed by atoms with E-state index in [0.29, 0.717) is 17.3 Å². The minimum absolute atomic E-state index is 0.205. The van der Waals surface area contributed by atoms with E-state index >= 15 is 0 Å². The summed E-state index contributed by atoms with van der Waals surface area (Å²) in [7, 11) is 0. The Bertz CT molecular complexity index is 809. The van der Waals surface area contributed by atoms with E-state index < -0.39 is 0 Å². The van der Waals surface area contributed by atoms with Crippen molar-refractivity contribution in [1.82, 2.24) is 14.8 Å². The van der Waals surface area contributed by atoms with Crippen molar-refractivity contribution >= 4 is 32.6 Å². The molecule has 0 aliphatic heterocycles. The number of anilines is 1. The zero-order valence-electron chi connectivity index (χ0n) is 12.4. The Hall–Kier alpha value is -2.41. The fourth-order valence-electron chi connectivity index (χ4n) is 2.04. The van der Waals surface area contributed by atoms with E-state index in [9.17, 15) is 4.79 Å². The lowest BCUT2D eigenvalue weighted by Gasteiger charge is -2.00. The molecule has 2 aromatic heterocycles. The topological polar surface area (TPSA) is 69.0 Å². The van der Waals surface area contributed by atoms with Crippen molar-refractivity contribution in [1.29, 1.82) is 0 Å². The first-order valence-corrected chi connectivity index (χ1v) is 7.88. The number of fused-ring (bicyclic) bond motifs is 1. The van der Waals surface area contributed by atoms with E-state index in [2.05, 4.69) is 15.4 Å². The first-order chi connectivity index (χ1) is 10.7. The molecule has 114 valence electrons. The van der Waals surface area contributed by atoms with E-state index in [1.165, 1.54) is 11.3 Å². The highest BCUT2D eigenvalue weighted by molar-refractivity contribution is 7.22. The minimum atomic E-state index is -0.205. The summed E-state index contributed by atoms with van der Waals surface area (Å²) in [5.41, 5.74) is 1.36. The number of aryl methyl sites for hydroxylation is 1. The van der Waals surface area contributed by atoms with Gasteiger partial charge in [0, 0.05) is 12.7 Å². The normalized spacial score (nSPS) is 10.8. The average Bonchev–Trinajstić information content (AvgIpc) is 3.12. The molecule has 1 aromatic carbocycles. The summed E-state index contributed by atoms with van der Waals surface area (Å²) in [6.45, 7) is 5.27. The Morgan fingerprint density at radius 2 is 2.27 bits per heavy atom. The second kappa shape index (κ2) is 6.15. The maximum absolute atomic E-state index is 12.2. The van der Waals surface area contributed by atoms with Crippen LogP contribution in [0, 0.1) is 0 Å². The molecule has 7 heteroatoms. The highest BCUT2D eigenvalue weighted by atomic mass is 32.1. The van der Waals surface area contributed by atoms with Gasteiger partial charge in [0.2, 0.25) is 0 Å².